The number of benzene rings is 2. The number of rotatable bonds is 2. The lowest BCUT2D eigenvalue weighted by molar-refractivity contribution is 0.102. The third kappa shape index (κ3) is 2.82. The van der Waals surface area contributed by atoms with Gasteiger partial charge in [-0.15, -0.1) is 0 Å². The Morgan fingerprint density at radius 1 is 1.18 bits per heavy atom. The van der Waals surface area contributed by atoms with E-state index in [-0.39, 0.29) is 5.91 Å². The molecule has 0 radical (unpaired) electrons. The van der Waals surface area contributed by atoms with Gasteiger partial charge in [-0.25, -0.2) is 4.98 Å². The van der Waals surface area contributed by atoms with E-state index < -0.39 is 0 Å². The summed E-state index contributed by atoms with van der Waals surface area (Å²) in [6, 6.07) is 8.85. The average molecular weight is 351 g/mol. The van der Waals surface area contributed by atoms with Crippen molar-refractivity contribution >= 4 is 55.8 Å². The molecule has 1 N–H and O–H groups in total. The third-order valence-corrected chi connectivity index (χ3v) is 4.96. The average Bonchev–Trinajstić information content (AvgIpc) is 2.86. The molecule has 1 heterocycles. The zero-order chi connectivity index (χ0) is 15.9. The second kappa shape index (κ2) is 5.88. The van der Waals surface area contributed by atoms with Gasteiger partial charge in [0.2, 0.25) is 0 Å². The van der Waals surface area contributed by atoms with Gasteiger partial charge < -0.3 is 0 Å². The number of aromatic nitrogens is 1. The van der Waals surface area contributed by atoms with Gasteiger partial charge in [0.1, 0.15) is 0 Å². The largest absolute Gasteiger partial charge is 0.298 e. The molecule has 0 aliphatic rings. The van der Waals surface area contributed by atoms with Crippen LogP contribution in [0.1, 0.15) is 21.5 Å². The predicted molar refractivity (Wildman–Crippen MR) is 93.5 cm³/mol. The molecule has 1 amide bonds. The molecule has 112 valence electrons. The molecule has 22 heavy (non-hydrogen) atoms. The Morgan fingerprint density at radius 3 is 2.68 bits per heavy atom. The van der Waals surface area contributed by atoms with E-state index in [0.29, 0.717) is 20.7 Å². The number of nitrogens with one attached hydrogen (secondary N) is 1. The first-order chi connectivity index (χ1) is 10.5. The minimum Gasteiger partial charge on any atom is -0.298 e. The van der Waals surface area contributed by atoms with E-state index in [1.165, 1.54) is 16.9 Å². The van der Waals surface area contributed by atoms with E-state index in [1.54, 1.807) is 18.2 Å². The Bertz CT molecular complexity index is 889. The second-order valence-corrected chi connectivity index (χ2v) is 6.83. The first-order valence-corrected chi connectivity index (χ1v) is 8.16. The smallest absolute Gasteiger partial charge is 0.258 e. The van der Waals surface area contributed by atoms with Crippen LogP contribution in [-0.2, 0) is 0 Å². The summed E-state index contributed by atoms with van der Waals surface area (Å²) in [6.07, 6.45) is 0. The monoisotopic (exact) mass is 350 g/mol. The Hall–Kier alpha value is -1.62. The lowest BCUT2D eigenvalue weighted by Crippen LogP contribution is -2.12. The summed E-state index contributed by atoms with van der Waals surface area (Å²) in [6.45, 7) is 4.07. The maximum absolute atomic E-state index is 12.3. The van der Waals surface area contributed by atoms with Crippen molar-refractivity contribution in [2.75, 3.05) is 5.32 Å². The highest BCUT2D eigenvalue weighted by Gasteiger charge is 2.14. The van der Waals surface area contributed by atoms with Crippen molar-refractivity contribution in [3.05, 3.63) is 57.1 Å². The summed E-state index contributed by atoms with van der Waals surface area (Å²) in [5.74, 6) is -0.296. The van der Waals surface area contributed by atoms with Gasteiger partial charge in [-0.1, -0.05) is 40.6 Å². The summed E-state index contributed by atoms with van der Waals surface area (Å²) < 4.78 is 1.04. The molecule has 0 fully saturated rings. The fourth-order valence-electron chi connectivity index (χ4n) is 2.12. The maximum atomic E-state index is 12.3. The fraction of sp³-hybridized carbons (Fsp3) is 0.125. The standard InChI is InChI=1S/C16H12Cl2N2OS/c1-8-3-6-13-14(9(8)2)19-16(22-13)20-15(21)11-5-4-10(17)7-12(11)18/h3-7H,1-2H3,(H,19,20,21). The minimum atomic E-state index is -0.296. The molecule has 0 spiro atoms. The van der Waals surface area contributed by atoms with Crippen LogP contribution in [0.25, 0.3) is 10.2 Å². The third-order valence-electron chi connectivity index (χ3n) is 3.48. The predicted octanol–water partition coefficient (Wildman–Crippen LogP) is 5.47. The SMILES string of the molecule is Cc1ccc2sc(NC(=O)c3ccc(Cl)cc3Cl)nc2c1C. The van der Waals surface area contributed by atoms with Crippen molar-refractivity contribution in [2.45, 2.75) is 13.8 Å². The number of hydrogen-bond acceptors (Lipinski definition) is 3. The van der Waals surface area contributed by atoms with Gasteiger partial charge in [0.05, 0.1) is 20.8 Å². The number of halogens is 2. The topological polar surface area (TPSA) is 42.0 Å². The van der Waals surface area contributed by atoms with Gasteiger partial charge in [0.15, 0.2) is 5.13 Å². The zero-order valence-corrected chi connectivity index (χ0v) is 14.2. The van der Waals surface area contributed by atoms with Crippen molar-refractivity contribution in [2.24, 2.45) is 0 Å². The molecule has 0 bridgehead atoms. The number of anilines is 1. The van der Waals surface area contributed by atoms with Gasteiger partial charge in [-0.05, 0) is 49.2 Å². The van der Waals surface area contributed by atoms with Crippen LogP contribution in [0.2, 0.25) is 10.0 Å². The molecule has 3 nitrogen and oxygen atoms in total. The maximum Gasteiger partial charge on any atom is 0.258 e. The van der Waals surface area contributed by atoms with Crippen LogP contribution >= 0.6 is 34.5 Å². The van der Waals surface area contributed by atoms with E-state index in [0.717, 1.165) is 15.8 Å². The summed E-state index contributed by atoms with van der Waals surface area (Å²) in [5.41, 5.74) is 3.59. The van der Waals surface area contributed by atoms with Gasteiger partial charge in [0.25, 0.3) is 5.91 Å². The minimum absolute atomic E-state index is 0.296. The van der Waals surface area contributed by atoms with E-state index in [1.807, 2.05) is 19.9 Å². The van der Waals surface area contributed by atoms with Crippen molar-refractivity contribution in [3.63, 3.8) is 0 Å². The first kappa shape index (κ1) is 15.3. The summed E-state index contributed by atoms with van der Waals surface area (Å²) in [5, 5.41) is 4.16. The molecule has 0 saturated carbocycles. The van der Waals surface area contributed by atoms with Crippen LogP contribution < -0.4 is 5.32 Å². The van der Waals surface area contributed by atoms with Crippen LogP contribution in [0.3, 0.4) is 0 Å². The zero-order valence-electron chi connectivity index (χ0n) is 11.9. The molecule has 0 saturated heterocycles. The number of nitrogens with zero attached hydrogens (tertiary/aromatic N) is 1. The van der Waals surface area contributed by atoms with E-state index >= 15 is 0 Å². The van der Waals surface area contributed by atoms with Crippen LogP contribution in [0.15, 0.2) is 30.3 Å². The Balaban J connectivity index is 1.92. The highest BCUT2D eigenvalue weighted by Crippen LogP contribution is 2.30. The van der Waals surface area contributed by atoms with Crippen LogP contribution in [0.5, 0.6) is 0 Å². The van der Waals surface area contributed by atoms with Gasteiger partial charge in [-0.2, -0.15) is 0 Å². The van der Waals surface area contributed by atoms with E-state index in [2.05, 4.69) is 16.4 Å². The molecule has 3 aromatic rings. The van der Waals surface area contributed by atoms with E-state index in [4.69, 9.17) is 23.2 Å². The van der Waals surface area contributed by atoms with Crippen LogP contribution in [0.4, 0.5) is 5.13 Å². The molecule has 0 aliphatic carbocycles. The van der Waals surface area contributed by atoms with E-state index in [9.17, 15) is 4.79 Å². The highest BCUT2D eigenvalue weighted by molar-refractivity contribution is 7.22. The molecule has 0 atom stereocenters. The lowest BCUT2D eigenvalue weighted by atomic mass is 10.1. The normalized spacial score (nSPS) is 10.9. The molecule has 1 aromatic heterocycles. The van der Waals surface area contributed by atoms with Crippen LogP contribution in [0, 0.1) is 13.8 Å². The molecule has 6 heteroatoms. The molecular formula is C16H12Cl2N2OS. The number of thiazole rings is 1. The molecular weight excluding hydrogens is 339 g/mol. The van der Waals surface area contributed by atoms with Crippen LogP contribution in [-0.4, -0.2) is 10.9 Å². The van der Waals surface area contributed by atoms with Gasteiger partial charge in [-0.3, -0.25) is 10.1 Å². The summed E-state index contributed by atoms with van der Waals surface area (Å²) in [7, 11) is 0. The van der Waals surface area contributed by atoms with Gasteiger partial charge in [0, 0.05) is 5.02 Å². The fourth-order valence-corrected chi connectivity index (χ4v) is 3.53. The Kier molecular flexibility index (Phi) is 4.08. The molecule has 0 unspecified atom stereocenters. The number of carbonyl (C=O) groups is 1. The summed E-state index contributed by atoms with van der Waals surface area (Å²) in [4.78, 5) is 16.8. The van der Waals surface area contributed by atoms with Gasteiger partial charge >= 0.3 is 0 Å². The second-order valence-electron chi connectivity index (χ2n) is 4.95. The molecule has 0 aliphatic heterocycles. The van der Waals surface area contributed by atoms with Crippen molar-refractivity contribution < 1.29 is 4.79 Å². The van der Waals surface area contributed by atoms with Crippen molar-refractivity contribution in [3.8, 4) is 0 Å². The number of fused-ring (bicyclic) bond motifs is 1. The first-order valence-electron chi connectivity index (χ1n) is 6.59. The Morgan fingerprint density at radius 2 is 1.95 bits per heavy atom. The lowest BCUT2D eigenvalue weighted by Gasteiger charge is -2.04. The highest BCUT2D eigenvalue weighted by atomic mass is 35.5. The summed E-state index contributed by atoms with van der Waals surface area (Å²) >= 11 is 13.3. The van der Waals surface area contributed by atoms with Crippen molar-refractivity contribution in [1.82, 2.24) is 4.98 Å². The number of carbonyl (C=O) groups excluding carboxylic acids is 1. The number of aryl methyl sites for hydroxylation is 2. The molecule has 3 rings (SSSR count). The van der Waals surface area contributed by atoms with Crippen molar-refractivity contribution in [1.29, 1.82) is 0 Å². The quantitative estimate of drug-likeness (QED) is 0.665. The number of hydrogen-bond donors (Lipinski definition) is 1. The number of amides is 1. The molecule has 2 aromatic carbocycles. The Labute approximate surface area is 141 Å².